The van der Waals surface area contributed by atoms with E-state index < -0.39 is 5.97 Å². The monoisotopic (exact) mass is 335 g/mol. The Kier molecular flexibility index (Phi) is 4.95. The van der Waals surface area contributed by atoms with E-state index in [-0.39, 0.29) is 18.2 Å². The van der Waals surface area contributed by atoms with Crippen LogP contribution in [0.4, 0.5) is 0 Å². The van der Waals surface area contributed by atoms with Gasteiger partial charge in [0.15, 0.2) is 5.76 Å². The molecule has 0 saturated carbocycles. The predicted octanol–water partition coefficient (Wildman–Crippen LogP) is 3.66. The third kappa shape index (κ3) is 3.95. The van der Waals surface area contributed by atoms with Crippen molar-refractivity contribution in [1.29, 1.82) is 0 Å². The maximum atomic E-state index is 12.2. The normalized spacial score (nSPS) is 10.3. The van der Waals surface area contributed by atoms with Gasteiger partial charge in [0.05, 0.1) is 12.7 Å². The summed E-state index contributed by atoms with van der Waals surface area (Å²) in [7, 11) is 1.33. The largest absolute Gasteiger partial charge is 0.465 e. The van der Waals surface area contributed by atoms with Crippen LogP contribution in [-0.4, -0.2) is 19.0 Å². The van der Waals surface area contributed by atoms with Crippen LogP contribution in [0.25, 0.3) is 11.3 Å². The molecule has 0 aliphatic carbocycles. The van der Waals surface area contributed by atoms with E-state index in [1.54, 1.807) is 30.3 Å². The molecule has 0 saturated heterocycles. The number of benzene rings is 2. The van der Waals surface area contributed by atoms with Crippen molar-refractivity contribution >= 4 is 11.9 Å². The first-order valence-corrected chi connectivity index (χ1v) is 7.78. The summed E-state index contributed by atoms with van der Waals surface area (Å²) in [6.45, 7) is 0.283. The first-order chi connectivity index (χ1) is 12.2. The Balaban J connectivity index is 1.65. The topological polar surface area (TPSA) is 68.5 Å². The SMILES string of the molecule is COC(=O)c1cccc(CNC(=O)c2ccc(-c3ccccc3)o2)c1. The molecule has 0 bridgehead atoms. The first kappa shape index (κ1) is 16.5. The number of hydrogen-bond donors (Lipinski definition) is 1. The van der Waals surface area contributed by atoms with Crippen LogP contribution in [0, 0.1) is 0 Å². The molecule has 1 aromatic heterocycles. The molecule has 3 aromatic rings. The Morgan fingerprint density at radius 2 is 1.80 bits per heavy atom. The summed E-state index contributed by atoms with van der Waals surface area (Å²) in [5, 5.41) is 2.78. The van der Waals surface area contributed by atoms with Crippen molar-refractivity contribution in [2.75, 3.05) is 7.11 Å². The fourth-order valence-corrected chi connectivity index (χ4v) is 2.41. The van der Waals surface area contributed by atoms with Crippen LogP contribution in [0.15, 0.2) is 71.1 Å². The highest BCUT2D eigenvalue weighted by atomic mass is 16.5. The number of furan rings is 1. The summed E-state index contributed by atoms with van der Waals surface area (Å²) < 4.78 is 10.3. The molecule has 0 radical (unpaired) electrons. The lowest BCUT2D eigenvalue weighted by atomic mass is 10.1. The highest BCUT2D eigenvalue weighted by Gasteiger charge is 2.12. The molecule has 25 heavy (non-hydrogen) atoms. The van der Waals surface area contributed by atoms with Crippen molar-refractivity contribution in [1.82, 2.24) is 5.32 Å². The Labute approximate surface area is 145 Å². The second kappa shape index (κ2) is 7.49. The molecule has 0 aliphatic heterocycles. The number of hydrogen-bond acceptors (Lipinski definition) is 4. The molecule has 3 rings (SSSR count). The molecule has 0 atom stereocenters. The van der Waals surface area contributed by atoms with Crippen LogP contribution < -0.4 is 5.32 Å². The molecule has 126 valence electrons. The number of rotatable bonds is 5. The van der Waals surface area contributed by atoms with Gasteiger partial charge in [-0.1, -0.05) is 42.5 Å². The summed E-state index contributed by atoms with van der Waals surface area (Å²) in [5.74, 6) is 0.152. The van der Waals surface area contributed by atoms with Crippen molar-refractivity contribution < 1.29 is 18.7 Å². The van der Waals surface area contributed by atoms with Gasteiger partial charge in [-0.2, -0.15) is 0 Å². The van der Waals surface area contributed by atoms with Gasteiger partial charge >= 0.3 is 5.97 Å². The van der Waals surface area contributed by atoms with Crippen molar-refractivity contribution in [2.45, 2.75) is 6.54 Å². The summed E-state index contributed by atoms with van der Waals surface area (Å²) in [4.78, 5) is 23.8. The molecule has 0 spiro atoms. The van der Waals surface area contributed by atoms with Gasteiger partial charge in [0, 0.05) is 12.1 Å². The van der Waals surface area contributed by atoms with Crippen molar-refractivity contribution in [3.63, 3.8) is 0 Å². The lowest BCUT2D eigenvalue weighted by molar-refractivity contribution is 0.0600. The lowest BCUT2D eigenvalue weighted by Gasteiger charge is -2.05. The fourth-order valence-electron chi connectivity index (χ4n) is 2.41. The highest BCUT2D eigenvalue weighted by Crippen LogP contribution is 2.21. The molecule has 1 amide bonds. The molecule has 0 fully saturated rings. The van der Waals surface area contributed by atoms with Gasteiger partial charge in [-0.25, -0.2) is 4.79 Å². The van der Waals surface area contributed by atoms with Gasteiger partial charge in [0.25, 0.3) is 5.91 Å². The third-order valence-corrected chi connectivity index (χ3v) is 3.69. The number of amides is 1. The van der Waals surface area contributed by atoms with Crippen LogP contribution in [0.2, 0.25) is 0 Å². The Morgan fingerprint density at radius 1 is 1.00 bits per heavy atom. The molecular weight excluding hydrogens is 318 g/mol. The molecule has 1 heterocycles. The smallest absolute Gasteiger partial charge is 0.337 e. The maximum Gasteiger partial charge on any atom is 0.337 e. The molecule has 5 nitrogen and oxygen atoms in total. The van der Waals surface area contributed by atoms with Gasteiger partial charge in [0.1, 0.15) is 5.76 Å². The van der Waals surface area contributed by atoms with Crippen molar-refractivity contribution in [3.8, 4) is 11.3 Å². The fraction of sp³-hybridized carbons (Fsp3) is 0.100. The van der Waals surface area contributed by atoms with Gasteiger partial charge < -0.3 is 14.5 Å². The lowest BCUT2D eigenvalue weighted by Crippen LogP contribution is -2.22. The van der Waals surface area contributed by atoms with E-state index in [0.29, 0.717) is 11.3 Å². The number of esters is 1. The van der Waals surface area contributed by atoms with Crippen molar-refractivity contribution in [2.24, 2.45) is 0 Å². The molecule has 5 heteroatoms. The summed E-state index contributed by atoms with van der Waals surface area (Å²) in [5.41, 5.74) is 2.15. The van der Waals surface area contributed by atoms with E-state index in [0.717, 1.165) is 11.1 Å². The Bertz CT molecular complexity index is 883. The van der Waals surface area contributed by atoms with Crippen LogP contribution in [0.3, 0.4) is 0 Å². The number of ether oxygens (including phenoxy) is 1. The van der Waals surface area contributed by atoms with E-state index in [2.05, 4.69) is 10.1 Å². The maximum absolute atomic E-state index is 12.2. The van der Waals surface area contributed by atoms with Crippen LogP contribution in [0.1, 0.15) is 26.5 Å². The van der Waals surface area contributed by atoms with Gasteiger partial charge in [-0.3, -0.25) is 4.79 Å². The number of methoxy groups -OCH3 is 1. The number of carbonyl (C=O) groups is 2. The van der Waals surface area contributed by atoms with E-state index in [1.165, 1.54) is 7.11 Å². The quantitative estimate of drug-likeness (QED) is 0.723. The highest BCUT2D eigenvalue weighted by molar-refractivity contribution is 5.92. The number of carbonyl (C=O) groups excluding carboxylic acids is 2. The van der Waals surface area contributed by atoms with Gasteiger partial charge in [-0.05, 0) is 29.8 Å². The van der Waals surface area contributed by atoms with E-state index in [9.17, 15) is 9.59 Å². The summed E-state index contributed by atoms with van der Waals surface area (Å²) >= 11 is 0. The van der Waals surface area contributed by atoms with Crippen LogP contribution >= 0.6 is 0 Å². The number of nitrogens with one attached hydrogen (secondary N) is 1. The van der Waals surface area contributed by atoms with E-state index in [4.69, 9.17) is 4.42 Å². The predicted molar refractivity (Wildman–Crippen MR) is 93.1 cm³/mol. The van der Waals surface area contributed by atoms with E-state index in [1.807, 2.05) is 36.4 Å². The second-order valence-corrected chi connectivity index (χ2v) is 5.40. The minimum atomic E-state index is -0.410. The zero-order valence-corrected chi connectivity index (χ0v) is 13.7. The van der Waals surface area contributed by atoms with Crippen LogP contribution in [0.5, 0.6) is 0 Å². The Hall–Kier alpha value is -3.34. The molecule has 1 N–H and O–H groups in total. The third-order valence-electron chi connectivity index (χ3n) is 3.69. The Morgan fingerprint density at radius 3 is 2.56 bits per heavy atom. The zero-order valence-electron chi connectivity index (χ0n) is 13.7. The molecular formula is C20H17NO4. The minimum absolute atomic E-state index is 0.239. The summed E-state index contributed by atoms with van der Waals surface area (Å²) in [6, 6.07) is 19.9. The van der Waals surface area contributed by atoms with Crippen LogP contribution in [-0.2, 0) is 11.3 Å². The first-order valence-electron chi connectivity index (χ1n) is 7.78. The standard InChI is InChI=1S/C20H17NO4/c1-24-20(23)16-9-5-6-14(12-16)13-21-19(22)18-11-10-17(25-18)15-7-3-2-4-8-15/h2-12H,13H2,1H3,(H,21,22). The molecule has 0 unspecified atom stereocenters. The van der Waals surface area contributed by atoms with Crippen molar-refractivity contribution in [3.05, 3.63) is 83.6 Å². The molecule has 0 aliphatic rings. The minimum Gasteiger partial charge on any atom is -0.465 e. The van der Waals surface area contributed by atoms with Gasteiger partial charge in [0.2, 0.25) is 0 Å². The summed E-state index contributed by atoms with van der Waals surface area (Å²) in [6.07, 6.45) is 0. The second-order valence-electron chi connectivity index (χ2n) is 5.40. The average molecular weight is 335 g/mol. The van der Waals surface area contributed by atoms with Gasteiger partial charge in [-0.15, -0.1) is 0 Å². The van der Waals surface area contributed by atoms with E-state index >= 15 is 0 Å². The zero-order chi connectivity index (χ0) is 17.6. The average Bonchev–Trinajstić information content (AvgIpc) is 3.17. The molecule has 2 aromatic carbocycles.